The van der Waals surface area contributed by atoms with E-state index in [-0.39, 0.29) is 12.1 Å². The van der Waals surface area contributed by atoms with Crippen LogP contribution in [0.2, 0.25) is 0 Å². The van der Waals surface area contributed by atoms with Crippen molar-refractivity contribution in [1.29, 1.82) is 0 Å². The second-order valence-electron chi connectivity index (χ2n) is 9.50. The van der Waals surface area contributed by atoms with Gasteiger partial charge in [0.25, 0.3) is 0 Å². The van der Waals surface area contributed by atoms with E-state index < -0.39 is 12.0 Å². The van der Waals surface area contributed by atoms with Crippen LogP contribution in [0.5, 0.6) is 0 Å². The summed E-state index contributed by atoms with van der Waals surface area (Å²) in [5.41, 5.74) is 2.90. The molecule has 2 rings (SSSR count). The summed E-state index contributed by atoms with van der Waals surface area (Å²) in [6.45, 7) is 6.65. The van der Waals surface area contributed by atoms with E-state index in [0.29, 0.717) is 17.9 Å². The molecule has 1 heterocycles. The highest BCUT2D eigenvalue weighted by molar-refractivity contribution is 5.95. The van der Waals surface area contributed by atoms with E-state index in [9.17, 15) is 9.59 Å². The summed E-state index contributed by atoms with van der Waals surface area (Å²) in [6.07, 6.45) is 17.7. The van der Waals surface area contributed by atoms with E-state index in [0.717, 1.165) is 36.8 Å². The summed E-state index contributed by atoms with van der Waals surface area (Å²) in [4.78, 5) is 24.8. The van der Waals surface area contributed by atoms with Gasteiger partial charge in [-0.15, -0.1) is 0 Å². The highest BCUT2D eigenvalue weighted by Crippen LogP contribution is 2.31. The summed E-state index contributed by atoms with van der Waals surface area (Å²) < 4.78 is 11.1. The van der Waals surface area contributed by atoms with E-state index in [1.165, 1.54) is 52.1 Å². The van der Waals surface area contributed by atoms with Gasteiger partial charge in [0.2, 0.25) is 0 Å². The molecule has 1 aliphatic rings. The van der Waals surface area contributed by atoms with Crippen LogP contribution in [0.3, 0.4) is 0 Å². The second kappa shape index (κ2) is 17.0. The molecule has 0 saturated heterocycles. The predicted octanol–water partition coefficient (Wildman–Crippen LogP) is 6.91. The van der Waals surface area contributed by atoms with Gasteiger partial charge in [0, 0.05) is 12.3 Å². The topological polar surface area (TPSA) is 76.7 Å². The quantitative estimate of drug-likeness (QED) is 0.139. The standard InChI is InChI=1S/C30H46N2O4/c1-5-7-8-9-10-11-12-13-14-15-16-20-25(36-6-2)22-24-19-17-18-21-26(24)28-27(29(33)35-4)23(3)31-30(34)32-28/h13-14,17-19,21,25,28H,5-12,15-16,20,22H2,1-4H3,(H2,31,32,34). The smallest absolute Gasteiger partial charge is 0.337 e. The summed E-state index contributed by atoms with van der Waals surface area (Å²) >= 11 is 0. The van der Waals surface area contributed by atoms with Crippen LogP contribution in [0.15, 0.2) is 47.7 Å². The molecule has 2 amide bonds. The molecule has 200 valence electrons. The Morgan fingerprint density at radius 3 is 2.44 bits per heavy atom. The number of unbranched alkanes of at least 4 members (excludes halogenated alkanes) is 7. The van der Waals surface area contributed by atoms with Crippen LogP contribution in [0.1, 0.15) is 102 Å². The number of nitrogens with one attached hydrogen (secondary N) is 2. The molecule has 2 atom stereocenters. The van der Waals surface area contributed by atoms with Gasteiger partial charge in [0.1, 0.15) is 0 Å². The summed E-state index contributed by atoms with van der Waals surface area (Å²) in [5, 5.41) is 5.59. The Morgan fingerprint density at radius 2 is 1.72 bits per heavy atom. The van der Waals surface area contributed by atoms with Crippen LogP contribution in [0, 0.1) is 0 Å². The van der Waals surface area contributed by atoms with Gasteiger partial charge in [0.15, 0.2) is 0 Å². The number of carbonyl (C=O) groups is 2. The van der Waals surface area contributed by atoms with Crippen molar-refractivity contribution in [2.24, 2.45) is 0 Å². The minimum atomic E-state index is -0.561. The Bertz CT molecular complexity index is 877. The number of hydrogen-bond acceptors (Lipinski definition) is 4. The zero-order chi connectivity index (χ0) is 26.2. The fourth-order valence-electron chi connectivity index (χ4n) is 4.78. The van der Waals surface area contributed by atoms with E-state index in [4.69, 9.17) is 9.47 Å². The predicted molar refractivity (Wildman–Crippen MR) is 146 cm³/mol. The molecule has 0 fully saturated rings. The zero-order valence-corrected chi connectivity index (χ0v) is 22.7. The van der Waals surface area contributed by atoms with Gasteiger partial charge in [-0.05, 0) is 63.5 Å². The number of benzene rings is 1. The summed E-state index contributed by atoms with van der Waals surface area (Å²) in [6, 6.07) is 7.06. The third-order valence-electron chi connectivity index (χ3n) is 6.68. The first-order chi connectivity index (χ1) is 17.5. The number of allylic oxidation sites excluding steroid dienone is 3. The van der Waals surface area contributed by atoms with Gasteiger partial charge < -0.3 is 20.1 Å². The molecule has 6 nitrogen and oxygen atoms in total. The largest absolute Gasteiger partial charge is 0.466 e. The number of methoxy groups -OCH3 is 1. The third-order valence-corrected chi connectivity index (χ3v) is 6.68. The van der Waals surface area contributed by atoms with Gasteiger partial charge in [-0.2, -0.15) is 0 Å². The van der Waals surface area contributed by atoms with E-state index in [1.807, 2.05) is 25.1 Å². The molecule has 36 heavy (non-hydrogen) atoms. The summed E-state index contributed by atoms with van der Waals surface area (Å²) in [7, 11) is 1.36. The number of amides is 2. The third kappa shape index (κ3) is 9.81. The number of ether oxygens (including phenoxy) is 2. The van der Waals surface area contributed by atoms with Crippen LogP contribution in [-0.4, -0.2) is 31.8 Å². The van der Waals surface area contributed by atoms with Crippen LogP contribution < -0.4 is 10.6 Å². The number of carbonyl (C=O) groups excluding carboxylic acids is 2. The van der Waals surface area contributed by atoms with Gasteiger partial charge in [-0.25, -0.2) is 9.59 Å². The maximum atomic E-state index is 12.5. The molecule has 0 radical (unpaired) electrons. The van der Waals surface area contributed by atoms with Crippen molar-refractivity contribution < 1.29 is 19.1 Å². The molecular formula is C30H46N2O4. The fourth-order valence-corrected chi connectivity index (χ4v) is 4.78. The molecule has 0 saturated carbocycles. The Morgan fingerprint density at radius 1 is 1.03 bits per heavy atom. The minimum absolute atomic E-state index is 0.0761. The lowest BCUT2D eigenvalue weighted by atomic mass is 9.89. The first-order valence-electron chi connectivity index (χ1n) is 13.7. The lowest BCUT2D eigenvalue weighted by Crippen LogP contribution is -2.45. The first-order valence-corrected chi connectivity index (χ1v) is 13.7. The van der Waals surface area contributed by atoms with Crippen LogP contribution in [0.4, 0.5) is 4.79 Å². The highest BCUT2D eigenvalue weighted by Gasteiger charge is 2.33. The SMILES string of the molecule is CCCCCCCCC=CCCCC(Cc1ccccc1C1NC(=O)NC(C)=C1C(=O)OC)OCC. The molecular weight excluding hydrogens is 452 g/mol. The van der Waals surface area contributed by atoms with Gasteiger partial charge in [0.05, 0.1) is 24.8 Å². The first kappa shape index (κ1) is 29.6. The Hall–Kier alpha value is -2.60. The van der Waals surface area contributed by atoms with E-state index in [1.54, 1.807) is 6.92 Å². The average Bonchev–Trinajstić information content (AvgIpc) is 2.86. The molecule has 2 N–H and O–H groups in total. The molecule has 0 aromatic heterocycles. The molecule has 2 unspecified atom stereocenters. The monoisotopic (exact) mass is 498 g/mol. The second-order valence-corrected chi connectivity index (χ2v) is 9.50. The number of hydrogen-bond donors (Lipinski definition) is 2. The normalized spacial score (nSPS) is 16.7. The molecule has 1 aliphatic heterocycles. The lowest BCUT2D eigenvalue weighted by Gasteiger charge is -2.30. The summed E-state index contributed by atoms with van der Waals surface area (Å²) in [5.74, 6) is -0.450. The molecule has 0 bridgehead atoms. The Kier molecular flexibility index (Phi) is 14.0. The minimum Gasteiger partial charge on any atom is -0.466 e. The zero-order valence-electron chi connectivity index (χ0n) is 22.7. The van der Waals surface area contributed by atoms with Crippen molar-refractivity contribution in [3.63, 3.8) is 0 Å². The lowest BCUT2D eigenvalue weighted by molar-refractivity contribution is -0.136. The van der Waals surface area contributed by atoms with Gasteiger partial charge in [-0.3, -0.25) is 0 Å². The van der Waals surface area contributed by atoms with Crippen molar-refractivity contribution >= 4 is 12.0 Å². The van der Waals surface area contributed by atoms with Crippen molar-refractivity contribution in [2.45, 2.75) is 104 Å². The van der Waals surface area contributed by atoms with Gasteiger partial charge >= 0.3 is 12.0 Å². The van der Waals surface area contributed by atoms with Crippen molar-refractivity contribution in [1.82, 2.24) is 10.6 Å². The highest BCUT2D eigenvalue weighted by atomic mass is 16.5. The molecule has 0 aliphatic carbocycles. The maximum Gasteiger partial charge on any atom is 0.337 e. The Balaban J connectivity index is 1.96. The number of rotatable bonds is 17. The van der Waals surface area contributed by atoms with Crippen molar-refractivity contribution in [3.05, 3.63) is 58.8 Å². The van der Waals surface area contributed by atoms with Crippen molar-refractivity contribution in [2.75, 3.05) is 13.7 Å². The molecule has 0 spiro atoms. The van der Waals surface area contributed by atoms with E-state index >= 15 is 0 Å². The number of urea groups is 1. The molecule has 6 heteroatoms. The number of esters is 1. The van der Waals surface area contributed by atoms with Gasteiger partial charge in [-0.1, -0.05) is 75.4 Å². The van der Waals surface area contributed by atoms with Crippen LogP contribution >= 0.6 is 0 Å². The van der Waals surface area contributed by atoms with E-state index in [2.05, 4.69) is 35.8 Å². The van der Waals surface area contributed by atoms with Crippen molar-refractivity contribution in [3.8, 4) is 0 Å². The fraction of sp³-hybridized carbons (Fsp3) is 0.600. The molecule has 1 aromatic carbocycles. The Labute approximate surface area is 217 Å². The van der Waals surface area contributed by atoms with Crippen LogP contribution in [0.25, 0.3) is 0 Å². The maximum absolute atomic E-state index is 12.5. The van der Waals surface area contributed by atoms with Crippen LogP contribution in [-0.2, 0) is 20.7 Å². The average molecular weight is 499 g/mol. The molecule has 1 aromatic rings.